The lowest BCUT2D eigenvalue weighted by molar-refractivity contribution is -0.156. The summed E-state index contributed by atoms with van der Waals surface area (Å²) in [5.74, 6) is -0.353. The molecule has 0 aliphatic rings. The number of nitrogens with zero attached hydrogens (tertiary/aromatic N) is 4. The molecule has 0 aromatic carbocycles. The minimum absolute atomic E-state index is 0.0666. The van der Waals surface area contributed by atoms with Gasteiger partial charge < -0.3 is 24.5 Å². The van der Waals surface area contributed by atoms with Gasteiger partial charge in [0.1, 0.15) is 5.52 Å². The van der Waals surface area contributed by atoms with Crippen LogP contribution in [-0.4, -0.2) is 51.6 Å². The Morgan fingerprint density at radius 3 is 2.62 bits per heavy atom. The van der Waals surface area contributed by atoms with Gasteiger partial charge >= 0.3 is 5.97 Å². The number of esters is 1. The summed E-state index contributed by atoms with van der Waals surface area (Å²) in [5.41, 5.74) is 6.60. The summed E-state index contributed by atoms with van der Waals surface area (Å²) >= 11 is 6.20. The maximum Gasteiger partial charge on any atom is 0.302 e. The van der Waals surface area contributed by atoms with Crippen molar-refractivity contribution in [3.05, 3.63) is 11.5 Å². The number of rotatable bonds is 10. The standard InChI is InChI=1S/C16H24ClN5O4/c1-4-24-12(25-5-2)6-11(8-26-10(3)23)7-22-9-19-15-13(22)14(17)20-16(18)21-15/h9,11-12H,4-8H2,1-3H3,(H2,18,20,21)/t11-/m1/s1. The summed E-state index contributed by atoms with van der Waals surface area (Å²) in [6, 6.07) is 0. The molecule has 0 unspecified atom stereocenters. The van der Waals surface area contributed by atoms with E-state index in [0.29, 0.717) is 37.3 Å². The molecule has 0 saturated carbocycles. The van der Waals surface area contributed by atoms with Crippen molar-refractivity contribution >= 4 is 34.7 Å². The molecular formula is C16H24ClN5O4. The fraction of sp³-hybridized carbons (Fsp3) is 0.625. The van der Waals surface area contributed by atoms with Crippen molar-refractivity contribution in [2.24, 2.45) is 5.92 Å². The van der Waals surface area contributed by atoms with Crippen molar-refractivity contribution < 1.29 is 19.0 Å². The summed E-state index contributed by atoms with van der Waals surface area (Å²) < 4.78 is 18.2. The van der Waals surface area contributed by atoms with Gasteiger partial charge in [-0.1, -0.05) is 11.6 Å². The second-order valence-corrected chi connectivity index (χ2v) is 6.04. The molecule has 0 saturated heterocycles. The van der Waals surface area contributed by atoms with Crippen LogP contribution in [0.15, 0.2) is 6.33 Å². The van der Waals surface area contributed by atoms with Crippen LogP contribution < -0.4 is 5.73 Å². The molecule has 0 fully saturated rings. The Hall–Kier alpha value is -1.97. The van der Waals surface area contributed by atoms with E-state index in [1.807, 2.05) is 18.4 Å². The van der Waals surface area contributed by atoms with E-state index in [9.17, 15) is 4.79 Å². The van der Waals surface area contributed by atoms with E-state index in [1.165, 1.54) is 6.92 Å². The van der Waals surface area contributed by atoms with Crippen molar-refractivity contribution in [2.75, 3.05) is 25.6 Å². The monoisotopic (exact) mass is 385 g/mol. The molecule has 144 valence electrons. The van der Waals surface area contributed by atoms with E-state index in [1.54, 1.807) is 6.33 Å². The van der Waals surface area contributed by atoms with Gasteiger partial charge in [-0.05, 0) is 13.8 Å². The van der Waals surface area contributed by atoms with Gasteiger partial charge in [0, 0.05) is 39.0 Å². The van der Waals surface area contributed by atoms with Gasteiger partial charge in [0.15, 0.2) is 17.1 Å². The molecular weight excluding hydrogens is 362 g/mol. The van der Waals surface area contributed by atoms with Crippen LogP contribution in [0.1, 0.15) is 27.2 Å². The molecule has 0 spiro atoms. The number of carbonyl (C=O) groups excluding carboxylic acids is 1. The lowest BCUT2D eigenvalue weighted by Crippen LogP contribution is -2.27. The summed E-state index contributed by atoms with van der Waals surface area (Å²) in [4.78, 5) is 23.5. The number of aromatic nitrogens is 4. The first-order valence-corrected chi connectivity index (χ1v) is 8.82. The zero-order valence-electron chi connectivity index (χ0n) is 15.1. The topological polar surface area (TPSA) is 114 Å². The van der Waals surface area contributed by atoms with Crippen molar-refractivity contribution in [2.45, 2.75) is 40.0 Å². The summed E-state index contributed by atoms with van der Waals surface area (Å²) in [7, 11) is 0. The third-order valence-electron chi connectivity index (χ3n) is 3.66. The van der Waals surface area contributed by atoms with Crippen LogP contribution in [0.5, 0.6) is 0 Å². The zero-order chi connectivity index (χ0) is 19.1. The predicted octanol–water partition coefficient (Wildman–Crippen LogP) is 2.03. The van der Waals surface area contributed by atoms with E-state index in [2.05, 4.69) is 15.0 Å². The maximum absolute atomic E-state index is 11.2. The van der Waals surface area contributed by atoms with E-state index in [0.717, 1.165) is 0 Å². The summed E-state index contributed by atoms with van der Waals surface area (Å²) in [6.45, 7) is 6.93. The van der Waals surface area contributed by atoms with Gasteiger partial charge in [-0.15, -0.1) is 0 Å². The van der Waals surface area contributed by atoms with Crippen LogP contribution >= 0.6 is 11.6 Å². The Morgan fingerprint density at radius 2 is 2.00 bits per heavy atom. The lowest BCUT2D eigenvalue weighted by atomic mass is 10.1. The highest BCUT2D eigenvalue weighted by Gasteiger charge is 2.21. The van der Waals surface area contributed by atoms with Crippen molar-refractivity contribution in [3.63, 3.8) is 0 Å². The van der Waals surface area contributed by atoms with Crippen molar-refractivity contribution in [1.82, 2.24) is 19.5 Å². The smallest absolute Gasteiger partial charge is 0.302 e. The number of imidazole rings is 1. The largest absolute Gasteiger partial charge is 0.466 e. The first-order chi connectivity index (χ1) is 12.4. The van der Waals surface area contributed by atoms with Gasteiger partial charge in [0.2, 0.25) is 5.95 Å². The normalized spacial score (nSPS) is 12.7. The highest BCUT2D eigenvalue weighted by Crippen LogP contribution is 2.23. The third kappa shape index (κ3) is 5.52. The van der Waals surface area contributed by atoms with Crippen LogP contribution in [0.25, 0.3) is 11.2 Å². The number of nitrogens with two attached hydrogens (primary N) is 1. The summed E-state index contributed by atoms with van der Waals surface area (Å²) in [5, 5.41) is 0.224. The van der Waals surface area contributed by atoms with Gasteiger partial charge in [-0.2, -0.15) is 9.97 Å². The second-order valence-electron chi connectivity index (χ2n) is 5.69. The number of halogens is 1. The van der Waals surface area contributed by atoms with Crippen molar-refractivity contribution in [1.29, 1.82) is 0 Å². The Labute approximate surface area is 156 Å². The fourth-order valence-electron chi connectivity index (χ4n) is 2.63. The predicted molar refractivity (Wildman–Crippen MR) is 96.5 cm³/mol. The average Bonchev–Trinajstić information content (AvgIpc) is 2.95. The molecule has 9 nitrogen and oxygen atoms in total. The summed E-state index contributed by atoms with van der Waals surface area (Å²) in [6.07, 6.45) is 1.77. The number of carbonyl (C=O) groups is 1. The van der Waals surface area contributed by atoms with Gasteiger partial charge in [0.05, 0.1) is 12.9 Å². The van der Waals surface area contributed by atoms with Crippen LogP contribution in [0.2, 0.25) is 5.15 Å². The zero-order valence-corrected chi connectivity index (χ0v) is 15.9. The number of ether oxygens (including phenoxy) is 3. The minimum Gasteiger partial charge on any atom is -0.466 e. The third-order valence-corrected chi connectivity index (χ3v) is 3.92. The quantitative estimate of drug-likeness (QED) is 0.375. The molecule has 0 radical (unpaired) electrons. The Balaban J connectivity index is 2.21. The molecule has 2 heterocycles. The maximum atomic E-state index is 11.2. The van der Waals surface area contributed by atoms with Gasteiger partial charge in [-0.3, -0.25) is 4.79 Å². The first kappa shape index (κ1) is 20.3. The molecule has 2 rings (SSSR count). The van der Waals surface area contributed by atoms with Crippen LogP contribution in [0.4, 0.5) is 5.95 Å². The molecule has 0 amide bonds. The van der Waals surface area contributed by atoms with Gasteiger partial charge in [-0.25, -0.2) is 4.98 Å². The first-order valence-electron chi connectivity index (χ1n) is 8.44. The Morgan fingerprint density at radius 1 is 1.31 bits per heavy atom. The average molecular weight is 386 g/mol. The Bertz CT molecular complexity index is 733. The SMILES string of the molecule is CCOC(C[C@@H](COC(C)=O)Cn1cnc2nc(N)nc(Cl)c21)OCC. The molecule has 2 aromatic rings. The highest BCUT2D eigenvalue weighted by molar-refractivity contribution is 6.33. The molecule has 2 aromatic heterocycles. The Kier molecular flexibility index (Phi) is 7.55. The van der Waals surface area contributed by atoms with E-state index >= 15 is 0 Å². The molecule has 0 aliphatic heterocycles. The highest BCUT2D eigenvalue weighted by atomic mass is 35.5. The lowest BCUT2D eigenvalue weighted by Gasteiger charge is -2.23. The van der Waals surface area contributed by atoms with E-state index < -0.39 is 0 Å². The number of fused-ring (bicyclic) bond motifs is 1. The number of hydrogen-bond acceptors (Lipinski definition) is 8. The fourth-order valence-corrected chi connectivity index (χ4v) is 2.91. The molecule has 0 aliphatic carbocycles. The van der Waals surface area contributed by atoms with Crippen LogP contribution in [0, 0.1) is 5.92 Å². The van der Waals surface area contributed by atoms with Crippen LogP contribution in [-0.2, 0) is 25.5 Å². The molecule has 0 bridgehead atoms. The minimum atomic E-state index is -0.386. The number of hydrogen-bond donors (Lipinski definition) is 1. The molecule has 2 N–H and O–H groups in total. The second kappa shape index (κ2) is 9.65. The number of nitrogen functional groups attached to an aromatic ring is 1. The molecule has 10 heteroatoms. The molecule has 26 heavy (non-hydrogen) atoms. The number of anilines is 1. The van der Waals surface area contributed by atoms with E-state index in [-0.39, 0.29) is 35.9 Å². The van der Waals surface area contributed by atoms with Crippen molar-refractivity contribution in [3.8, 4) is 0 Å². The van der Waals surface area contributed by atoms with Crippen LogP contribution in [0.3, 0.4) is 0 Å². The van der Waals surface area contributed by atoms with E-state index in [4.69, 9.17) is 31.5 Å². The molecule has 1 atom stereocenters. The van der Waals surface area contributed by atoms with Gasteiger partial charge in [0.25, 0.3) is 0 Å².